The Hall–Kier alpha value is -0.950. The monoisotopic (exact) mass is 271 g/mol. The van der Waals surface area contributed by atoms with E-state index in [0.717, 1.165) is 12.8 Å². The zero-order chi connectivity index (χ0) is 13.0. The third-order valence-corrected chi connectivity index (χ3v) is 4.38. The SMILES string of the molecule is O=S(=O)(NCC1CCCO1)c1ccc(CO)cc1. The summed E-state index contributed by atoms with van der Waals surface area (Å²) in [6, 6.07) is 6.17. The van der Waals surface area contributed by atoms with Crippen molar-refractivity contribution in [3.63, 3.8) is 0 Å². The number of benzene rings is 1. The van der Waals surface area contributed by atoms with E-state index in [9.17, 15) is 8.42 Å². The molecule has 2 rings (SSSR count). The molecule has 1 atom stereocenters. The van der Waals surface area contributed by atoms with E-state index in [2.05, 4.69) is 4.72 Å². The molecule has 0 aromatic heterocycles. The van der Waals surface area contributed by atoms with Gasteiger partial charge in [0, 0.05) is 13.2 Å². The average Bonchev–Trinajstić information content (AvgIpc) is 2.90. The first-order valence-electron chi connectivity index (χ1n) is 5.93. The quantitative estimate of drug-likeness (QED) is 0.824. The number of hydrogen-bond acceptors (Lipinski definition) is 4. The molecule has 1 heterocycles. The summed E-state index contributed by atoms with van der Waals surface area (Å²) in [5.41, 5.74) is 0.688. The van der Waals surface area contributed by atoms with Crippen molar-refractivity contribution in [1.29, 1.82) is 0 Å². The zero-order valence-corrected chi connectivity index (χ0v) is 10.8. The fourth-order valence-electron chi connectivity index (χ4n) is 1.87. The minimum absolute atomic E-state index is 0.0171. The van der Waals surface area contributed by atoms with Gasteiger partial charge in [-0.3, -0.25) is 0 Å². The second-order valence-electron chi connectivity index (χ2n) is 4.29. The Balaban J connectivity index is 2.00. The summed E-state index contributed by atoms with van der Waals surface area (Å²) >= 11 is 0. The fraction of sp³-hybridized carbons (Fsp3) is 0.500. The van der Waals surface area contributed by atoms with E-state index in [0.29, 0.717) is 18.7 Å². The fourth-order valence-corrected chi connectivity index (χ4v) is 2.93. The van der Waals surface area contributed by atoms with Crippen LogP contribution in [-0.4, -0.2) is 32.8 Å². The van der Waals surface area contributed by atoms with Gasteiger partial charge in [-0.1, -0.05) is 12.1 Å². The van der Waals surface area contributed by atoms with Gasteiger partial charge in [0.2, 0.25) is 10.0 Å². The first-order chi connectivity index (χ1) is 8.62. The van der Waals surface area contributed by atoms with Gasteiger partial charge in [0.1, 0.15) is 0 Å². The van der Waals surface area contributed by atoms with Gasteiger partial charge in [-0.05, 0) is 30.5 Å². The lowest BCUT2D eigenvalue weighted by atomic mass is 10.2. The predicted molar refractivity (Wildman–Crippen MR) is 66.5 cm³/mol. The minimum Gasteiger partial charge on any atom is -0.392 e. The summed E-state index contributed by atoms with van der Waals surface area (Å²) in [5.74, 6) is 0. The second-order valence-corrected chi connectivity index (χ2v) is 6.06. The molecule has 1 aromatic rings. The smallest absolute Gasteiger partial charge is 0.240 e. The summed E-state index contributed by atoms with van der Waals surface area (Å²) < 4.78 is 31.8. The third kappa shape index (κ3) is 3.29. The standard InChI is InChI=1S/C12H17NO4S/c14-9-10-3-5-12(6-4-10)18(15,16)13-8-11-2-1-7-17-11/h3-6,11,13-14H,1-2,7-9H2. The van der Waals surface area contributed by atoms with E-state index < -0.39 is 10.0 Å². The van der Waals surface area contributed by atoms with Gasteiger partial charge < -0.3 is 9.84 Å². The molecule has 1 saturated heterocycles. The molecule has 0 aliphatic carbocycles. The van der Waals surface area contributed by atoms with Crippen molar-refractivity contribution in [3.8, 4) is 0 Å². The summed E-state index contributed by atoms with van der Waals surface area (Å²) in [7, 11) is -3.48. The highest BCUT2D eigenvalue weighted by atomic mass is 32.2. The molecule has 0 saturated carbocycles. The van der Waals surface area contributed by atoms with Gasteiger partial charge in [-0.15, -0.1) is 0 Å². The lowest BCUT2D eigenvalue weighted by molar-refractivity contribution is 0.114. The molecule has 1 unspecified atom stereocenters. The van der Waals surface area contributed by atoms with Crippen LogP contribution in [0.5, 0.6) is 0 Å². The Kier molecular flexibility index (Phi) is 4.34. The van der Waals surface area contributed by atoms with Crippen LogP contribution in [-0.2, 0) is 21.4 Å². The summed E-state index contributed by atoms with van der Waals surface area (Å²) in [5, 5.41) is 8.90. The first-order valence-corrected chi connectivity index (χ1v) is 7.41. The molecule has 100 valence electrons. The van der Waals surface area contributed by atoms with Gasteiger partial charge in [-0.2, -0.15) is 0 Å². The van der Waals surface area contributed by atoms with Crippen LogP contribution in [0, 0.1) is 0 Å². The molecular formula is C12H17NO4S. The van der Waals surface area contributed by atoms with Gasteiger partial charge in [0.05, 0.1) is 17.6 Å². The highest BCUT2D eigenvalue weighted by Gasteiger charge is 2.19. The maximum Gasteiger partial charge on any atom is 0.240 e. The van der Waals surface area contributed by atoms with Crippen molar-refractivity contribution in [2.45, 2.75) is 30.4 Å². The van der Waals surface area contributed by atoms with E-state index in [1.807, 2.05) is 0 Å². The number of aliphatic hydroxyl groups is 1. The Morgan fingerprint density at radius 2 is 2.06 bits per heavy atom. The van der Waals surface area contributed by atoms with E-state index in [1.54, 1.807) is 12.1 Å². The van der Waals surface area contributed by atoms with Crippen LogP contribution in [0.2, 0.25) is 0 Å². The van der Waals surface area contributed by atoms with E-state index in [4.69, 9.17) is 9.84 Å². The second kappa shape index (κ2) is 5.79. The van der Waals surface area contributed by atoms with Crippen LogP contribution < -0.4 is 4.72 Å². The number of nitrogens with one attached hydrogen (secondary N) is 1. The molecule has 0 radical (unpaired) electrons. The lowest BCUT2D eigenvalue weighted by Gasteiger charge is -2.11. The Morgan fingerprint density at radius 3 is 2.61 bits per heavy atom. The van der Waals surface area contributed by atoms with Gasteiger partial charge in [-0.25, -0.2) is 13.1 Å². The normalized spacial score (nSPS) is 20.2. The van der Waals surface area contributed by atoms with Crippen LogP contribution >= 0.6 is 0 Å². The average molecular weight is 271 g/mol. The Labute approximate surface area is 107 Å². The summed E-state index contributed by atoms with van der Waals surface area (Å²) in [6.45, 7) is 0.922. The van der Waals surface area contributed by atoms with Crippen LogP contribution in [0.15, 0.2) is 29.2 Å². The van der Waals surface area contributed by atoms with Crippen molar-refractivity contribution >= 4 is 10.0 Å². The molecule has 5 nitrogen and oxygen atoms in total. The number of ether oxygens (including phenoxy) is 1. The molecule has 2 N–H and O–H groups in total. The van der Waals surface area contributed by atoms with Crippen LogP contribution in [0.25, 0.3) is 0 Å². The molecular weight excluding hydrogens is 254 g/mol. The largest absolute Gasteiger partial charge is 0.392 e. The topological polar surface area (TPSA) is 75.6 Å². The van der Waals surface area contributed by atoms with Crippen molar-refractivity contribution < 1.29 is 18.3 Å². The zero-order valence-electron chi connectivity index (χ0n) is 10.0. The molecule has 0 spiro atoms. The van der Waals surface area contributed by atoms with E-state index in [-0.39, 0.29) is 17.6 Å². The van der Waals surface area contributed by atoms with Gasteiger partial charge >= 0.3 is 0 Å². The van der Waals surface area contributed by atoms with Crippen molar-refractivity contribution in [2.24, 2.45) is 0 Å². The Morgan fingerprint density at radius 1 is 1.33 bits per heavy atom. The third-order valence-electron chi connectivity index (χ3n) is 2.94. The highest BCUT2D eigenvalue weighted by Crippen LogP contribution is 2.13. The number of sulfonamides is 1. The summed E-state index contributed by atoms with van der Waals surface area (Å²) in [6.07, 6.45) is 1.86. The van der Waals surface area contributed by atoms with Crippen molar-refractivity contribution in [1.82, 2.24) is 4.72 Å². The first kappa shape index (κ1) is 13.5. The highest BCUT2D eigenvalue weighted by molar-refractivity contribution is 7.89. The molecule has 0 amide bonds. The molecule has 1 fully saturated rings. The van der Waals surface area contributed by atoms with E-state index in [1.165, 1.54) is 12.1 Å². The molecule has 0 bridgehead atoms. The van der Waals surface area contributed by atoms with Crippen LogP contribution in [0.4, 0.5) is 0 Å². The minimum atomic E-state index is -3.48. The molecule has 1 aliphatic rings. The summed E-state index contributed by atoms with van der Waals surface area (Å²) in [4.78, 5) is 0.206. The maximum atomic E-state index is 12.0. The molecule has 18 heavy (non-hydrogen) atoms. The molecule has 1 aromatic carbocycles. The Bertz CT molecular complexity index is 477. The number of aliphatic hydroxyl groups excluding tert-OH is 1. The molecule has 1 aliphatic heterocycles. The molecule has 6 heteroatoms. The van der Waals surface area contributed by atoms with Crippen molar-refractivity contribution in [3.05, 3.63) is 29.8 Å². The number of rotatable bonds is 5. The predicted octanol–water partition coefficient (Wildman–Crippen LogP) is 0.636. The van der Waals surface area contributed by atoms with Crippen molar-refractivity contribution in [2.75, 3.05) is 13.2 Å². The van der Waals surface area contributed by atoms with Gasteiger partial charge in [0.25, 0.3) is 0 Å². The van der Waals surface area contributed by atoms with E-state index >= 15 is 0 Å². The maximum absolute atomic E-state index is 12.0. The lowest BCUT2D eigenvalue weighted by Crippen LogP contribution is -2.31. The van der Waals surface area contributed by atoms with Gasteiger partial charge in [0.15, 0.2) is 0 Å². The van der Waals surface area contributed by atoms with Crippen LogP contribution in [0.1, 0.15) is 18.4 Å². The van der Waals surface area contributed by atoms with Crippen LogP contribution in [0.3, 0.4) is 0 Å². The number of hydrogen-bond donors (Lipinski definition) is 2.